The molecule has 68 valence electrons. The van der Waals surface area contributed by atoms with Crippen LogP contribution in [0.15, 0.2) is 18.2 Å². The van der Waals surface area contributed by atoms with Crippen molar-refractivity contribution in [2.24, 2.45) is 0 Å². The van der Waals surface area contributed by atoms with Crippen LogP contribution in [0.5, 0.6) is 0 Å². The molecule has 0 aliphatic carbocycles. The molecule has 0 spiro atoms. The fourth-order valence-corrected chi connectivity index (χ4v) is 0.885. The number of nitro groups is 1. The third-order valence-electron chi connectivity index (χ3n) is 1.45. The zero-order chi connectivity index (χ0) is 9.84. The van der Waals surface area contributed by atoms with Gasteiger partial charge in [-0.3, -0.25) is 10.1 Å². The molecule has 0 aliphatic rings. The number of nitrogens with zero attached hydrogens (tertiary/aromatic N) is 1. The summed E-state index contributed by atoms with van der Waals surface area (Å²) in [5.41, 5.74) is -0.942. The molecule has 0 saturated heterocycles. The SMILES string of the molecule is O=[C-]c1cccc([N+](=O)[O-])c1[C-]=O.[U+2]. The standard InChI is InChI=1S/C8H3NO4.U/c10-4-6-2-1-3-8(9(12)13)7(6)5-11;/h1-3H;/q-2;+2. The smallest absolute Gasteiger partial charge is 0.391 e. The van der Waals surface area contributed by atoms with E-state index in [1.165, 1.54) is 24.7 Å². The molecule has 0 bridgehead atoms. The van der Waals surface area contributed by atoms with Gasteiger partial charge in [-0.15, -0.1) is 6.07 Å². The molecule has 0 saturated carbocycles. The first-order valence-electron chi connectivity index (χ1n) is 3.24. The van der Waals surface area contributed by atoms with Crippen molar-refractivity contribution in [3.8, 4) is 0 Å². The average Bonchev–Trinajstić information content (AvgIpc) is 2.16. The second-order valence-electron chi connectivity index (χ2n) is 2.16. The largest absolute Gasteiger partial charge is 2.00 e. The molecular formula is C8H3NO4U. The molecule has 0 N–H and O–H groups in total. The number of hydrogen-bond donors (Lipinski definition) is 0. The Kier molecular flexibility index (Phi) is 5.28. The van der Waals surface area contributed by atoms with E-state index < -0.39 is 10.6 Å². The Morgan fingerprint density at radius 2 is 1.86 bits per heavy atom. The molecule has 0 aliphatic heterocycles. The summed E-state index contributed by atoms with van der Waals surface area (Å²) in [4.78, 5) is 30.1. The zero-order valence-corrected chi connectivity index (χ0v) is 11.0. The van der Waals surface area contributed by atoms with E-state index in [1.54, 1.807) is 0 Å². The first-order valence-corrected chi connectivity index (χ1v) is 3.24. The summed E-state index contributed by atoms with van der Waals surface area (Å²) in [5.74, 6) is 0. The first-order chi connectivity index (χ1) is 6.20. The van der Waals surface area contributed by atoms with Crippen LogP contribution in [-0.2, 0) is 9.59 Å². The van der Waals surface area contributed by atoms with Crippen molar-refractivity contribution < 1.29 is 45.6 Å². The van der Waals surface area contributed by atoms with Crippen molar-refractivity contribution in [2.45, 2.75) is 0 Å². The van der Waals surface area contributed by atoms with Gasteiger partial charge in [-0.2, -0.15) is 5.56 Å². The maximum absolute atomic E-state index is 10.3. The van der Waals surface area contributed by atoms with Gasteiger partial charge < -0.3 is 9.59 Å². The predicted octanol–water partition coefficient (Wildman–Crippen LogP) is 0.510. The van der Waals surface area contributed by atoms with Crippen molar-refractivity contribution in [2.75, 3.05) is 0 Å². The molecule has 1 rings (SSSR count). The summed E-state index contributed by atoms with van der Waals surface area (Å²) in [6.07, 6.45) is 2.77. The summed E-state index contributed by atoms with van der Waals surface area (Å²) in [6, 6.07) is 3.69. The van der Waals surface area contributed by atoms with E-state index in [0.717, 1.165) is 6.07 Å². The van der Waals surface area contributed by atoms with Gasteiger partial charge in [-0.05, 0) is 11.2 Å². The van der Waals surface area contributed by atoms with E-state index in [2.05, 4.69) is 0 Å². The minimum absolute atomic E-state index is 0. The van der Waals surface area contributed by atoms with Crippen molar-refractivity contribution in [3.05, 3.63) is 39.4 Å². The maximum Gasteiger partial charge on any atom is 2.00 e. The van der Waals surface area contributed by atoms with Crippen LogP contribution >= 0.6 is 0 Å². The fraction of sp³-hybridized carbons (Fsp3) is 0. The van der Waals surface area contributed by atoms with Gasteiger partial charge in [-0.1, -0.05) is 6.07 Å². The molecule has 14 heavy (non-hydrogen) atoms. The van der Waals surface area contributed by atoms with Gasteiger partial charge in [0.2, 0.25) is 0 Å². The summed E-state index contributed by atoms with van der Waals surface area (Å²) in [5, 5.41) is 10.3. The Balaban J connectivity index is 0.00000169. The van der Waals surface area contributed by atoms with Gasteiger partial charge in [0.05, 0.1) is 0 Å². The van der Waals surface area contributed by atoms with Gasteiger partial charge >= 0.3 is 31.1 Å². The van der Waals surface area contributed by atoms with Crippen LogP contribution in [0.25, 0.3) is 0 Å². The van der Waals surface area contributed by atoms with Crippen molar-refractivity contribution in [3.63, 3.8) is 0 Å². The Labute approximate surface area is 103 Å². The molecule has 0 heterocycles. The topological polar surface area (TPSA) is 77.3 Å². The van der Waals surface area contributed by atoms with E-state index in [4.69, 9.17) is 0 Å². The normalized spacial score (nSPS) is 8.57. The van der Waals surface area contributed by atoms with E-state index in [1.807, 2.05) is 0 Å². The number of carbonyl (C=O) groups excluding carboxylic acids is 2. The van der Waals surface area contributed by atoms with Crippen LogP contribution in [0.1, 0.15) is 11.1 Å². The van der Waals surface area contributed by atoms with E-state index >= 15 is 0 Å². The summed E-state index contributed by atoms with van der Waals surface area (Å²) in [6.45, 7) is 0. The third kappa shape index (κ3) is 2.50. The summed E-state index contributed by atoms with van der Waals surface area (Å²) in [7, 11) is 0. The summed E-state index contributed by atoms with van der Waals surface area (Å²) < 4.78 is 0. The number of hydrogen-bond acceptors (Lipinski definition) is 4. The Bertz CT molecular complexity index is 378. The minimum atomic E-state index is -0.749. The van der Waals surface area contributed by atoms with Gasteiger partial charge in [0.1, 0.15) is 5.69 Å². The fourth-order valence-electron chi connectivity index (χ4n) is 0.885. The zero-order valence-electron chi connectivity index (χ0n) is 6.81. The van der Waals surface area contributed by atoms with E-state index in [-0.39, 0.29) is 42.2 Å². The Morgan fingerprint density at radius 3 is 2.29 bits per heavy atom. The van der Waals surface area contributed by atoms with Crippen LogP contribution in [0.2, 0.25) is 0 Å². The molecule has 0 atom stereocenters. The van der Waals surface area contributed by atoms with Crippen LogP contribution in [0.4, 0.5) is 5.69 Å². The molecule has 1 aromatic rings. The molecule has 5 nitrogen and oxygen atoms in total. The Hall–Kier alpha value is -0.988. The van der Waals surface area contributed by atoms with Crippen molar-refractivity contribution in [1.29, 1.82) is 0 Å². The summed E-state index contributed by atoms with van der Waals surface area (Å²) >= 11 is 0. The molecule has 6 heteroatoms. The average molecular weight is 415 g/mol. The Morgan fingerprint density at radius 1 is 1.21 bits per heavy atom. The quantitative estimate of drug-likeness (QED) is 0.410. The van der Waals surface area contributed by atoms with Crippen LogP contribution in [0.3, 0.4) is 0 Å². The molecule has 0 fully saturated rings. The third-order valence-corrected chi connectivity index (χ3v) is 1.45. The minimum Gasteiger partial charge on any atom is -0.391 e. The van der Waals surface area contributed by atoms with E-state index in [9.17, 15) is 19.7 Å². The van der Waals surface area contributed by atoms with Crippen molar-refractivity contribution >= 4 is 18.3 Å². The van der Waals surface area contributed by atoms with Gasteiger partial charge in [0, 0.05) is 6.29 Å². The second kappa shape index (κ2) is 5.68. The molecule has 0 aromatic heterocycles. The van der Waals surface area contributed by atoms with Crippen molar-refractivity contribution in [1.82, 2.24) is 0 Å². The molecule has 0 unspecified atom stereocenters. The first kappa shape index (κ1) is 13.0. The molecular weight excluding hydrogens is 412 g/mol. The van der Waals surface area contributed by atoms with Crippen LogP contribution in [-0.4, -0.2) is 17.5 Å². The van der Waals surface area contributed by atoms with Gasteiger partial charge in [-0.25, -0.2) is 11.6 Å². The van der Waals surface area contributed by atoms with Gasteiger partial charge in [0.25, 0.3) is 0 Å². The van der Waals surface area contributed by atoms with Gasteiger partial charge in [0.15, 0.2) is 0 Å². The monoisotopic (exact) mass is 415 g/mol. The predicted molar refractivity (Wildman–Crippen MR) is 42.7 cm³/mol. The van der Waals surface area contributed by atoms with Crippen LogP contribution < -0.4 is 0 Å². The second-order valence-corrected chi connectivity index (χ2v) is 2.16. The molecule has 0 radical (unpaired) electrons. The van der Waals surface area contributed by atoms with E-state index in [0.29, 0.717) is 0 Å². The number of nitro benzene ring substituents is 1. The molecule has 0 amide bonds. The molecule has 1 aromatic carbocycles. The van der Waals surface area contributed by atoms with Crippen LogP contribution in [0, 0.1) is 41.2 Å². The number of rotatable bonds is 3. The maximum atomic E-state index is 10.3. The number of benzene rings is 1.